The van der Waals surface area contributed by atoms with Crippen molar-refractivity contribution in [3.63, 3.8) is 0 Å². The largest absolute Gasteiger partial charge is 0.493 e. The minimum Gasteiger partial charge on any atom is -0.493 e. The van der Waals surface area contributed by atoms with Gasteiger partial charge in [0.05, 0.1) is 19.1 Å². The van der Waals surface area contributed by atoms with Crippen LogP contribution in [0.25, 0.3) is 0 Å². The molecular formula is C19H24N2O3S. The quantitative estimate of drug-likeness (QED) is 0.794. The Morgan fingerprint density at radius 2 is 1.84 bits per heavy atom. The Bertz CT molecular complexity index is 695. The molecule has 6 heteroatoms. The molecule has 1 saturated heterocycles. The molecule has 0 atom stereocenters. The number of carbonyl (C=O) groups excluding carboxylic acids is 1. The second-order valence-corrected chi connectivity index (χ2v) is 7.00. The summed E-state index contributed by atoms with van der Waals surface area (Å²) in [4.78, 5) is 17.6. The Morgan fingerprint density at radius 3 is 2.48 bits per heavy atom. The summed E-state index contributed by atoms with van der Waals surface area (Å²) in [5, 5.41) is 1.95. The molecule has 2 aromatic rings. The zero-order chi connectivity index (χ0) is 17.6. The topological polar surface area (TPSA) is 42.0 Å². The number of carbonyl (C=O) groups is 1. The number of piperazine rings is 1. The van der Waals surface area contributed by atoms with Gasteiger partial charge in [0.1, 0.15) is 0 Å². The first kappa shape index (κ1) is 17.8. The van der Waals surface area contributed by atoms with Crippen LogP contribution in [0.15, 0.2) is 35.7 Å². The summed E-state index contributed by atoms with van der Waals surface area (Å²) in [6, 6.07) is 9.90. The molecule has 1 aromatic carbocycles. The van der Waals surface area contributed by atoms with Crippen molar-refractivity contribution in [2.24, 2.45) is 0 Å². The lowest BCUT2D eigenvalue weighted by atomic mass is 10.1. The van der Waals surface area contributed by atoms with Gasteiger partial charge in [-0.05, 0) is 35.6 Å². The maximum absolute atomic E-state index is 12.4. The Kier molecular flexibility index (Phi) is 5.94. The van der Waals surface area contributed by atoms with E-state index in [2.05, 4.69) is 11.0 Å². The van der Waals surface area contributed by atoms with Crippen LogP contribution in [0.3, 0.4) is 0 Å². The normalized spacial score (nSPS) is 15.2. The standard InChI is InChI=1S/C19H24N2O3S/c1-23-16-6-5-15(14-17(16)24-2)7-8-20-9-11-21(12-10-20)19(22)18-4-3-13-25-18/h3-6,13-14H,7-12H2,1-2H3. The maximum atomic E-state index is 12.4. The van der Waals surface area contributed by atoms with E-state index in [-0.39, 0.29) is 5.91 Å². The fourth-order valence-corrected chi connectivity index (χ4v) is 3.74. The average molecular weight is 360 g/mol. The Labute approximate surface area is 152 Å². The van der Waals surface area contributed by atoms with Crippen LogP contribution in [-0.4, -0.2) is 62.7 Å². The molecule has 1 aliphatic heterocycles. The molecule has 0 N–H and O–H groups in total. The Balaban J connectivity index is 1.49. The van der Waals surface area contributed by atoms with Crippen LogP contribution in [0.2, 0.25) is 0 Å². The van der Waals surface area contributed by atoms with Gasteiger partial charge in [-0.2, -0.15) is 0 Å². The molecular weight excluding hydrogens is 336 g/mol. The van der Waals surface area contributed by atoms with Gasteiger partial charge >= 0.3 is 0 Å². The van der Waals surface area contributed by atoms with Gasteiger partial charge in [-0.15, -0.1) is 11.3 Å². The number of nitrogens with zero attached hydrogens (tertiary/aromatic N) is 2. The molecule has 134 valence electrons. The number of thiophene rings is 1. The number of hydrogen-bond donors (Lipinski definition) is 0. The molecule has 3 rings (SSSR count). The molecule has 1 fully saturated rings. The molecule has 0 unspecified atom stereocenters. The van der Waals surface area contributed by atoms with Gasteiger partial charge in [-0.1, -0.05) is 12.1 Å². The minimum atomic E-state index is 0.162. The number of hydrogen-bond acceptors (Lipinski definition) is 5. The highest BCUT2D eigenvalue weighted by Crippen LogP contribution is 2.27. The summed E-state index contributed by atoms with van der Waals surface area (Å²) < 4.78 is 10.6. The zero-order valence-electron chi connectivity index (χ0n) is 14.7. The first-order valence-corrected chi connectivity index (χ1v) is 9.35. The van der Waals surface area contributed by atoms with Crippen LogP contribution in [-0.2, 0) is 6.42 Å². The predicted molar refractivity (Wildman–Crippen MR) is 99.9 cm³/mol. The van der Waals surface area contributed by atoms with Crippen LogP contribution >= 0.6 is 11.3 Å². The lowest BCUT2D eigenvalue weighted by Gasteiger charge is -2.34. The predicted octanol–water partition coefficient (Wildman–Crippen LogP) is 2.77. The third-order valence-corrected chi connectivity index (χ3v) is 5.41. The van der Waals surface area contributed by atoms with E-state index in [4.69, 9.17) is 9.47 Å². The van der Waals surface area contributed by atoms with Gasteiger partial charge in [0, 0.05) is 32.7 Å². The highest BCUT2D eigenvalue weighted by atomic mass is 32.1. The molecule has 0 bridgehead atoms. The third kappa shape index (κ3) is 4.32. The zero-order valence-corrected chi connectivity index (χ0v) is 15.6. The van der Waals surface area contributed by atoms with E-state index < -0.39 is 0 Å². The fourth-order valence-electron chi connectivity index (χ4n) is 3.05. The van der Waals surface area contributed by atoms with Gasteiger partial charge in [0.25, 0.3) is 5.91 Å². The number of benzene rings is 1. The SMILES string of the molecule is COc1ccc(CCN2CCN(C(=O)c3cccs3)CC2)cc1OC. The molecule has 0 aliphatic carbocycles. The summed E-state index contributed by atoms with van der Waals surface area (Å²) in [5.41, 5.74) is 1.23. The minimum absolute atomic E-state index is 0.162. The Morgan fingerprint density at radius 1 is 1.08 bits per heavy atom. The van der Waals surface area contributed by atoms with Gasteiger partial charge in [-0.25, -0.2) is 0 Å². The second-order valence-electron chi connectivity index (χ2n) is 6.05. The molecule has 0 saturated carbocycles. The molecule has 0 spiro atoms. The smallest absolute Gasteiger partial charge is 0.264 e. The Hall–Kier alpha value is -2.05. The molecule has 2 heterocycles. The van der Waals surface area contributed by atoms with E-state index in [9.17, 15) is 4.79 Å². The van der Waals surface area contributed by atoms with Crippen LogP contribution in [0.5, 0.6) is 11.5 Å². The first-order chi connectivity index (χ1) is 12.2. The van der Waals surface area contributed by atoms with E-state index in [0.717, 1.165) is 55.5 Å². The lowest BCUT2D eigenvalue weighted by molar-refractivity contribution is 0.0643. The van der Waals surface area contributed by atoms with Crippen LogP contribution < -0.4 is 9.47 Å². The average Bonchev–Trinajstić information content (AvgIpc) is 3.20. The second kappa shape index (κ2) is 8.36. The monoisotopic (exact) mass is 360 g/mol. The molecule has 1 aliphatic rings. The van der Waals surface area contributed by atoms with Crippen molar-refractivity contribution >= 4 is 17.2 Å². The van der Waals surface area contributed by atoms with Gasteiger partial charge in [0.2, 0.25) is 0 Å². The van der Waals surface area contributed by atoms with Gasteiger partial charge in [0.15, 0.2) is 11.5 Å². The van der Waals surface area contributed by atoms with E-state index >= 15 is 0 Å². The number of methoxy groups -OCH3 is 2. The van der Waals surface area contributed by atoms with Crippen molar-refractivity contribution < 1.29 is 14.3 Å². The van der Waals surface area contributed by atoms with Crippen molar-refractivity contribution in [3.8, 4) is 11.5 Å². The van der Waals surface area contributed by atoms with Crippen molar-refractivity contribution in [2.45, 2.75) is 6.42 Å². The highest BCUT2D eigenvalue weighted by Gasteiger charge is 2.22. The first-order valence-electron chi connectivity index (χ1n) is 8.47. The number of rotatable bonds is 6. The van der Waals surface area contributed by atoms with Crippen molar-refractivity contribution in [2.75, 3.05) is 46.9 Å². The molecule has 0 radical (unpaired) electrons. The number of amides is 1. The summed E-state index contributed by atoms with van der Waals surface area (Å²) in [7, 11) is 3.31. The van der Waals surface area contributed by atoms with Crippen molar-refractivity contribution in [1.29, 1.82) is 0 Å². The summed E-state index contributed by atoms with van der Waals surface area (Å²) in [5.74, 6) is 1.69. The van der Waals surface area contributed by atoms with E-state index in [1.807, 2.05) is 34.5 Å². The third-order valence-electron chi connectivity index (χ3n) is 4.56. The van der Waals surface area contributed by atoms with Crippen LogP contribution in [0.1, 0.15) is 15.2 Å². The maximum Gasteiger partial charge on any atom is 0.264 e. The summed E-state index contributed by atoms with van der Waals surface area (Å²) in [6.07, 6.45) is 0.958. The molecule has 5 nitrogen and oxygen atoms in total. The van der Waals surface area contributed by atoms with E-state index in [1.165, 1.54) is 16.9 Å². The van der Waals surface area contributed by atoms with Gasteiger partial charge < -0.3 is 14.4 Å². The van der Waals surface area contributed by atoms with Gasteiger partial charge in [-0.3, -0.25) is 9.69 Å². The molecule has 1 amide bonds. The molecule has 25 heavy (non-hydrogen) atoms. The summed E-state index contributed by atoms with van der Waals surface area (Å²) in [6.45, 7) is 4.41. The summed E-state index contributed by atoms with van der Waals surface area (Å²) >= 11 is 1.51. The van der Waals surface area contributed by atoms with E-state index in [1.54, 1.807) is 14.2 Å². The molecule has 1 aromatic heterocycles. The number of ether oxygens (including phenoxy) is 2. The lowest BCUT2D eigenvalue weighted by Crippen LogP contribution is -2.48. The van der Waals surface area contributed by atoms with E-state index in [0.29, 0.717) is 0 Å². The fraction of sp³-hybridized carbons (Fsp3) is 0.421. The van der Waals surface area contributed by atoms with Crippen molar-refractivity contribution in [1.82, 2.24) is 9.80 Å². The van der Waals surface area contributed by atoms with Crippen LogP contribution in [0.4, 0.5) is 0 Å². The highest BCUT2D eigenvalue weighted by molar-refractivity contribution is 7.12. The van der Waals surface area contributed by atoms with Crippen molar-refractivity contribution in [3.05, 3.63) is 46.2 Å². The van der Waals surface area contributed by atoms with Crippen LogP contribution in [0, 0.1) is 0 Å².